The predicted molar refractivity (Wildman–Crippen MR) is 116 cm³/mol. The number of anilines is 2. The summed E-state index contributed by atoms with van der Waals surface area (Å²) in [6.07, 6.45) is 3.37. The smallest absolute Gasteiger partial charge is 0.261 e. The van der Waals surface area contributed by atoms with E-state index >= 15 is 0 Å². The zero-order valence-corrected chi connectivity index (χ0v) is 17.1. The molecule has 1 aliphatic carbocycles. The maximum absolute atomic E-state index is 13.5. The fraction of sp³-hybridized carbons (Fsp3) is 0.174. The molecular weight excluding hydrogens is 419 g/mol. The molecule has 1 aliphatic heterocycles. The molecule has 5 rings (SSSR count). The normalized spacial score (nSPS) is 17.6. The van der Waals surface area contributed by atoms with E-state index in [1.807, 2.05) is 0 Å². The average Bonchev–Trinajstić information content (AvgIpc) is 3.18. The van der Waals surface area contributed by atoms with Crippen LogP contribution >= 0.6 is 11.6 Å². The fourth-order valence-corrected chi connectivity index (χ4v) is 4.24. The van der Waals surface area contributed by atoms with Crippen molar-refractivity contribution in [3.8, 4) is 0 Å². The predicted octanol–water partition coefficient (Wildman–Crippen LogP) is 4.95. The van der Waals surface area contributed by atoms with Crippen molar-refractivity contribution in [3.63, 3.8) is 0 Å². The molecule has 0 bridgehead atoms. The Bertz CT molecular complexity index is 1220. The van der Waals surface area contributed by atoms with Gasteiger partial charge in [0, 0.05) is 28.4 Å². The minimum absolute atomic E-state index is 0.0383. The van der Waals surface area contributed by atoms with Crippen LogP contribution in [0, 0.1) is 5.82 Å². The summed E-state index contributed by atoms with van der Waals surface area (Å²) in [5, 5.41) is 11.1. The highest BCUT2D eigenvalue weighted by Crippen LogP contribution is 2.41. The van der Waals surface area contributed by atoms with Gasteiger partial charge in [-0.25, -0.2) is 9.07 Å². The number of nitrogens with zero attached hydrogens (tertiary/aromatic N) is 2. The second-order valence-corrected chi connectivity index (χ2v) is 8.00. The number of ketones is 1. The number of amides is 1. The first-order chi connectivity index (χ1) is 15.0. The third-order valence-electron chi connectivity index (χ3n) is 5.57. The minimum atomic E-state index is -0.517. The quantitative estimate of drug-likeness (QED) is 0.609. The zero-order valence-electron chi connectivity index (χ0n) is 16.4. The van der Waals surface area contributed by atoms with Crippen molar-refractivity contribution in [2.75, 3.05) is 10.6 Å². The molecular formula is C23H18ClFN4O2. The van der Waals surface area contributed by atoms with Crippen molar-refractivity contribution in [2.45, 2.75) is 25.3 Å². The molecule has 0 unspecified atom stereocenters. The number of carbonyl (C=O) groups excluding carboxylic acids is 2. The first-order valence-electron chi connectivity index (χ1n) is 9.94. The number of hydrogen-bond acceptors (Lipinski definition) is 4. The molecule has 1 aromatic heterocycles. The molecule has 8 heteroatoms. The van der Waals surface area contributed by atoms with Gasteiger partial charge in [0.2, 0.25) is 0 Å². The molecule has 6 nitrogen and oxygen atoms in total. The van der Waals surface area contributed by atoms with Gasteiger partial charge < -0.3 is 10.6 Å². The molecule has 0 spiro atoms. The van der Waals surface area contributed by atoms with Crippen LogP contribution in [0.2, 0.25) is 5.02 Å². The van der Waals surface area contributed by atoms with Gasteiger partial charge in [0.05, 0.1) is 6.20 Å². The lowest BCUT2D eigenvalue weighted by molar-refractivity contribution is -0.116. The van der Waals surface area contributed by atoms with Gasteiger partial charge >= 0.3 is 0 Å². The summed E-state index contributed by atoms with van der Waals surface area (Å²) in [6.45, 7) is 0. The van der Waals surface area contributed by atoms with Gasteiger partial charge in [-0.05, 0) is 54.8 Å². The standard InChI is InChI=1S/C23H18ClFN4O2/c24-14-6-10-16(11-7-14)27-23(31)17-12-26-29-21(13-4-8-15(25)9-5-13)20-18(28-22(17)29)2-1-3-19(20)30/h4-12,21,28H,1-3H2,(H,27,31)/t21-/m1/s1. The zero-order chi connectivity index (χ0) is 21.5. The van der Waals surface area contributed by atoms with E-state index in [9.17, 15) is 14.0 Å². The number of allylic oxidation sites excluding steroid dienone is 2. The molecule has 0 fully saturated rings. The van der Waals surface area contributed by atoms with Gasteiger partial charge in [-0.3, -0.25) is 9.59 Å². The Balaban J connectivity index is 1.56. The number of aromatic nitrogens is 2. The van der Waals surface area contributed by atoms with E-state index in [1.165, 1.54) is 18.3 Å². The molecule has 2 aromatic carbocycles. The molecule has 2 heterocycles. The van der Waals surface area contributed by atoms with Crippen molar-refractivity contribution in [1.82, 2.24) is 9.78 Å². The first kappa shape index (κ1) is 19.5. The monoisotopic (exact) mass is 436 g/mol. The molecule has 3 aromatic rings. The van der Waals surface area contributed by atoms with Crippen LogP contribution in [-0.2, 0) is 4.79 Å². The lowest BCUT2D eigenvalue weighted by Gasteiger charge is -2.33. The van der Waals surface area contributed by atoms with E-state index in [4.69, 9.17) is 11.6 Å². The summed E-state index contributed by atoms with van der Waals surface area (Å²) in [4.78, 5) is 25.8. The number of fused-ring (bicyclic) bond motifs is 1. The Morgan fingerprint density at radius 3 is 2.61 bits per heavy atom. The average molecular weight is 437 g/mol. The largest absolute Gasteiger partial charge is 0.343 e. The van der Waals surface area contributed by atoms with Crippen LogP contribution in [0.15, 0.2) is 66.0 Å². The number of rotatable bonds is 3. The van der Waals surface area contributed by atoms with Gasteiger partial charge in [0.25, 0.3) is 5.91 Å². The Labute approximate surface area is 182 Å². The van der Waals surface area contributed by atoms with E-state index < -0.39 is 6.04 Å². The molecule has 31 heavy (non-hydrogen) atoms. The summed E-state index contributed by atoms with van der Waals surface area (Å²) in [5.74, 6) is -0.142. The summed E-state index contributed by atoms with van der Waals surface area (Å²) in [6, 6.07) is 12.3. The summed E-state index contributed by atoms with van der Waals surface area (Å²) < 4.78 is 15.2. The third-order valence-corrected chi connectivity index (χ3v) is 5.82. The highest BCUT2D eigenvalue weighted by atomic mass is 35.5. The van der Waals surface area contributed by atoms with Gasteiger partial charge in [-0.15, -0.1) is 0 Å². The van der Waals surface area contributed by atoms with E-state index in [-0.39, 0.29) is 17.5 Å². The molecule has 0 saturated heterocycles. The van der Waals surface area contributed by atoms with E-state index in [2.05, 4.69) is 15.7 Å². The number of carbonyl (C=O) groups is 2. The van der Waals surface area contributed by atoms with Crippen LogP contribution in [0.5, 0.6) is 0 Å². The molecule has 156 valence electrons. The molecule has 1 atom stereocenters. The van der Waals surface area contributed by atoms with Gasteiger partial charge in [0.15, 0.2) is 5.78 Å². The summed E-state index contributed by atoms with van der Waals surface area (Å²) >= 11 is 5.91. The first-order valence-corrected chi connectivity index (χ1v) is 10.3. The van der Waals surface area contributed by atoms with Crippen LogP contribution in [0.4, 0.5) is 15.9 Å². The van der Waals surface area contributed by atoms with Crippen LogP contribution in [-0.4, -0.2) is 21.5 Å². The molecule has 2 N–H and O–H groups in total. The minimum Gasteiger partial charge on any atom is -0.343 e. The van der Waals surface area contributed by atoms with E-state index in [0.29, 0.717) is 40.5 Å². The highest BCUT2D eigenvalue weighted by molar-refractivity contribution is 6.30. The Morgan fingerprint density at radius 2 is 1.87 bits per heavy atom. The highest BCUT2D eigenvalue weighted by Gasteiger charge is 2.37. The maximum Gasteiger partial charge on any atom is 0.261 e. The van der Waals surface area contributed by atoms with Crippen LogP contribution in [0.25, 0.3) is 0 Å². The van der Waals surface area contributed by atoms with E-state index in [1.54, 1.807) is 41.1 Å². The van der Waals surface area contributed by atoms with Gasteiger partial charge in [-0.2, -0.15) is 5.10 Å². The SMILES string of the molecule is O=C1CCCC2=C1[C@@H](c1ccc(F)cc1)n1ncc(C(=O)Nc3ccc(Cl)cc3)c1N2. The number of nitrogens with one attached hydrogen (secondary N) is 2. The molecule has 1 amide bonds. The molecule has 0 saturated carbocycles. The molecule has 2 aliphatic rings. The number of Topliss-reactive ketones (excluding diaryl/α,β-unsaturated/α-hetero) is 1. The van der Waals surface area contributed by atoms with Crippen molar-refractivity contribution in [2.24, 2.45) is 0 Å². The van der Waals surface area contributed by atoms with Crippen molar-refractivity contribution >= 4 is 34.8 Å². The molecule has 0 radical (unpaired) electrons. The lowest BCUT2D eigenvalue weighted by Crippen LogP contribution is -2.32. The Kier molecular flexibility index (Phi) is 4.82. The lowest BCUT2D eigenvalue weighted by atomic mass is 9.85. The van der Waals surface area contributed by atoms with E-state index in [0.717, 1.165) is 17.7 Å². The van der Waals surface area contributed by atoms with Crippen LogP contribution in [0.3, 0.4) is 0 Å². The van der Waals surface area contributed by atoms with Crippen LogP contribution < -0.4 is 10.6 Å². The van der Waals surface area contributed by atoms with Gasteiger partial charge in [-0.1, -0.05) is 23.7 Å². The van der Waals surface area contributed by atoms with Crippen molar-refractivity contribution in [3.05, 3.63) is 88.0 Å². The van der Waals surface area contributed by atoms with Crippen LogP contribution in [0.1, 0.15) is 41.2 Å². The van der Waals surface area contributed by atoms with Crippen molar-refractivity contribution < 1.29 is 14.0 Å². The number of benzene rings is 2. The van der Waals surface area contributed by atoms with Gasteiger partial charge in [0.1, 0.15) is 23.2 Å². The van der Waals surface area contributed by atoms with Crippen molar-refractivity contribution in [1.29, 1.82) is 0 Å². The summed E-state index contributed by atoms with van der Waals surface area (Å²) in [7, 11) is 0. The number of hydrogen-bond donors (Lipinski definition) is 2. The Hall–Kier alpha value is -3.45. The maximum atomic E-state index is 13.5. The second kappa shape index (κ2) is 7.67. The number of halogens is 2. The third kappa shape index (κ3) is 3.51. The summed E-state index contributed by atoms with van der Waals surface area (Å²) in [5.41, 5.74) is 3.11. The second-order valence-electron chi connectivity index (χ2n) is 7.56. The fourth-order valence-electron chi connectivity index (χ4n) is 4.11. The topological polar surface area (TPSA) is 76.0 Å². The Morgan fingerprint density at radius 1 is 1.13 bits per heavy atom.